The normalized spacial score (nSPS) is 16.0. The zero-order valence-corrected chi connectivity index (χ0v) is 13.0. The Morgan fingerprint density at radius 2 is 2.13 bits per heavy atom. The number of rotatable bonds is 5. The van der Waals surface area contributed by atoms with Gasteiger partial charge in [0.15, 0.2) is 17.6 Å². The van der Waals surface area contributed by atoms with Gasteiger partial charge in [-0.3, -0.25) is 9.78 Å². The highest BCUT2D eigenvalue weighted by Crippen LogP contribution is 2.31. The maximum atomic E-state index is 12.6. The van der Waals surface area contributed by atoms with Crippen molar-refractivity contribution in [2.45, 2.75) is 19.4 Å². The van der Waals surface area contributed by atoms with Crippen molar-refractivity contribution in [3.05, 3.63) is 48.5 Å². The van der Waals surface area contributed by atoms with E-state index in [1.165, 1.54) is 12.4 Å². The SMILES string of the molecule is CCCN(C[C@H]1COc2ccccc2O1)C(=O)c1cnccn1. The molecule has 2 aromatic rings. The summed E-state index contributed by atoms with van der Waals surface area (Å²) in [5.74, 6) is 1.32. The summed E-state index contributed by atoms with van der Waals surface area (Å²) in [4.78, 5) is 22.4. The minimum absolute atomic E-state index is 0.137. The molecule has 0 N–H and O–H groups in total. The molecule has 1 aliphatic heterocycles. The van der Waals surface area contributed by atoms with Gasteiger partial charge in [0.2, 0.25) is 0 Å². The summed E-state index contributed by atoms with van der Waals surface area (Å²) in [7, 11) is 0. The van der Waals surface area contributed by atoms with Gasteiger partial charge in [-0.1, -0.05) is 19.1 Å². The Labute approximate surface area is 135 Å². The molecule has 0 fully saturated rings. The molecule has 0 aliphatic carbocycles. The summed E-state index contributed by atoms with van der Waals surface area (Å²) >= 11 is 0. The van der Waals surface area contributed by atoms with Crippen molar-refractivity contribution in [1.29, 1.82) is 0 Å². The van der Waals surface area contributed by atoms with Crippen LogP contribution < -0.4 is 9.47 Å². The Bertz CT molecular complexity index is 663. The fourth-order valence-electron chi connectivity index (χ4n) is 2.52. The Kier molecular flexibility index (Phi) is 4.71. The van der Waals surface area contributed by atoms with Gasteiger partial charge in [-0.2, -0.15) is 0 Å². The second kappa shape index (κ2) is 7.09. The summed E-state index contributed by atoms with van der Waals surface area (Å²) in [6.45, 7) is 3.55. The van der Waals surface area contributed by atoms with Crippen LogP contribution in [0.5, 0.6) is 11.5 Å². The van der Waals surface area contributed by atoms with Gasteiger partial charge in [0.1, 0.15) is 12.3 Å². The molecule has 0 unspecified atom stereocenters. The molecule has 1 aromatic heterocycles. The highest BCUT2D eigenvalue weighted by Gasteiger charge is 2.26. The first-order valence-electron chi connectivity index (χ1n) is 7.71. The summed E-state index contributed by atoms with van der Waals surface area (Å²) in [6.07, 6.45) is 5.22. The van der Waals surface area contributed by atoms with Gasteiger partial charge in [0.05, 0.1) is 12.7 Å². The molecule has 0 radical (unpaired) electrons. The average molecular weight is 313 g/mol. The number of hydrogen-bond donors (Lipinski definition) is 0. The van der Waals surface area contributed by atoms with E-state index in [1.807, 2.05) is 31.2 Å². The Balaban J connectivity index is 1.70. The van der Waals surface area contributed by atoms with Gasteiger partial charge in [0.25, 0.3) is 5.91 Å². The Hall–Kier alpha value is -2.63. The van der Waals surface area contributed by atoms with Crippen molar-refractivity contribution in [2.75, 3.05) is 19.7 Å². The van der Waals surface area contributed by atoms with E-state index in [9.17, 15) is 4.79 Å². The molecule has 0 bridgehead atoms. The predicted molar refractivity (Wildman–Crippen MR) is 84.6 cm³/mol. The molecule has 6 nitrogen and oxygen atoms in total. The lowest BCUT2D eigenvalue weighted by atomic mass is 10.2. The number of amides is 1. The zero-order chi connectivity index (χ0) is 16.1. The first-order valence-corrected chi connectivity index (χ1v) is 7.71. The molecule has 120 valence electrons. The molecule has 1 aromatic carbocycles. The minimum atomic E-state index is -0.197. The zero-order valence-electron chi connectivity index (χ0n) is 13.0. The van der Waals surface area contributed by atoms with Gasteiger partial charge < -0.3 is 14.4 Å². The lowest BCUT2D eigenvalue weighted by Gasteiger charge is -2.31. The van der Waals surface area contributed by atoms with Crippen molar-refractivity contribution in [2.24, 2.45) is 0 Å². The van der Waals surface area contributed by atoms with Crippen molar-refractivity contribution < 1.29 is 14.3 Å². The molecule has 3 rings (SSSR count). The largest absolute Gasteiger partial charge is 0.486 e. The number of hydrogen-bond acceptors (Lipinski definition) is 5. The third-order valence-corrected chi connectivity index (χ3v) is 3.55. The molecule has 1 aliphatic rings. The van der Waals surface area contributed by atoms with E-state index < -0.39 is 0 Å². The van der Waals surface area contributed by atoms with Crippen LogP contribution in [0.15, 0.2) is 42.9 Å². The van der Waals surface area contributed by atoms with Crippen molar-refractivity contribution in [3.8, 4) is 11.5 Å². The van der Waals surface area contributed by atoms with E-state index in [4.69, 9.17) is 9.47 Å². The number of ether oxygens (including phenoxy) is 2. The molecule has 0 saturated heterocycles. The third kappa shape index (κ3) is 3.59. The van der Waals surface area contributed by atoms with Crippen LogP contribution in [-0.4, -0.2) is 46.6 Å². The first-order chi connectivity index (χ1) is 11.3. The number of aromatic nitrogens is 2. The summed E-state index contributed by atoms with van der Waals surface area (Å²) in [6, 6.07) is 7.55. The second-order valence-corrected chi connectivity index (χ2v) is 5.34. The number of carbonyl (C=O) groups excluding carboxylic acids is 1. The van der Waals surface area contributed by atoms with Gasteiger partial charge in [-0.25, -0.2) is 4.98 Å². The minimum Gasteiger partial charge on any atom is -0.486 e. The van der Waals surface area contributed by atoms with E-state index in [-0.39, 0.29) is 12.0 Å². The molecule has 1 amide bonds. The van der Waals surface area contributed by atoms with Crippen LogP contribution in [-0.2, 0) is 0 Å². The van der Waals surface area contributed by atoms with Crippen LogP contribution in [0.2, 0.25) is 0 Å². The molecule has 2 heterocycles. The van der Waals surface area contributed by atoms with E-state index in [2.05, 4.69) is 9.97 Å². The number of para-hydroxylation sites is 2. The number of fused-ring (bicyclic) bond motifs is 1. The first kappa shape index (κ1) is 15.3. The Morgan fingerprint density at radius 1 is 1.30 bits per heavy atom. The monoisotopic (exact) mass is 313 g/mol. The van der Waals surface area contributed by atoms with Crippen molar-refractivity contribution >= 4 is 5.91 Å². The van der Waals surface area contributed by atoms with Gasteiger partial charge in [-0.15, -0.1) is 0 Å². The molecule has 0 spiro atoms. The quantitative estimate of drug-likeness (QED) is 0.846. The maximum Gasteiger partial charge on any atom is 0.274 e. The van der Waals surface area contributed by atoms with Crippen molar-refractivity contribution in [1.82, 2.24) is 14.9 Å². The summed E-state index contributed by atoms with van der Waals surface area (Å²) < 4.78 is 11.6. The average Bonchev–Trinajstić information content (AvgIpc) is 2.61. The molecule has 0 saturated carbocycles. The van der Waals surface area contributed by atoms with Gasteiger partial charge in [0, 0.05) is 18.9 Å². The van der Waals surface area contributed by atoms with Gasteiger partial charge >= 0.3 is 0 Å². The number of carbonyl (C=O) groups is 1. The van der Waals surface area contributed by atoms with Crippen LogP contribution in [0.4, 0.5) is 0 Å². The van der Waals surface area contributed by atoms with E-state index in [0.29, 0.717) is 31.1 Å². The molecule has 6 heteroatoms. The smallest absolute Gasteiger partial charge is 0.274 e. The van der Waals surface area contributed by atoms with Crippen LogP contribution in [0.3, 0.4) is 0 Å². The molecular formula is C17H19N3O3. The number of benzene rings is 1. The Morgan fingerprint density at radius 3 is 2.87 bits per heavy atom. The maximum absolute atomic E-state index is 12.6. The lowest BCUT2D eigenvalue weighted by Crippen LogP contribution is -2.44. The highest BCUT2D eigenvalue weighted by atomic mass is 16.6. The molecule has 1 atom stereocenters. The second-order valence-electron chi connectivity index (χ2n) is 5.34. The fraction of sp³-hybridized carbons (Fsp3) is 0.353. The fourth-order valence-corrected chi connectivity index (χ4v) is 2.52. The van der Waals surface area contributed by atoms with E-state index in [0.717, 1.165) is 12.2 Å². The van der Waals surface area contributed by atoms with Crippen molar-refractivity contribution in [3.63, 3.8) is 0 Å². The highest BCUT2D eigenvalue weighted by molar-refractivity contribution is 5.92. The van der Waals surface area contributed by atoms with Crippen LogP contribution in [0.1, 0.15) is 23.8 Å². The van der Waals surface area contributed by atoms with Crippen LogP contribution >= 0.6 is 0 Å². The third-order valence-electron chi connectivity index (χ3n) is 3.55. The van der Waals surface area contributed by atoms with Crippen LogP contribution in [0, 0.1) is 0 Å². The lowest BCUT2D eigenvalue weighted by molar-refractivity contribution is 0.0458. The van der Waals surface area contributed by atoms with E-state index in [1.54, 1.807) is 11.1 Å². The standard InChI is InChI=1S/C17H19N3O3/c1-2-9-20(17(21)14-10-18-7-8-19-14)11-13-12-22-15-5-3-4-6-16(15)23-13/h3-8,10,13H,2,9,11-12H2,1H3/t13-/m0/s1. The van der Waals surface area contributed by atoms with E-state index >= 15 is 0 Å². The summed E-state index contributed by atoms with van der Waals surface area (Å²) in [5.41, 5.74) is 0.345. The molecule has 23 heavy (non-hydrogen) atoms. The predicted octanol–water partition coefficient (Wildman–Crippen LogP) is 2.17. The van der Waals surface area contributed by atoms with Crippen LogP contribution in [0.25, 0.3) is 0 Å². The van der Waals surface area contributed by atoms with Gasteiger partial charge in [-0.05, 0) is 18.6 Å². The molecular weight excluding hydrogens is 294 g/mol. The summed E-state index contributed by atoms with van der Waals surface area (Å²) in [5, 5.41) is 0. The number of nitrogens with zero attached hydrogens (tertiary/aromatic N) is 3. The topological polar surface area (TPSA) is 64.6 Å².